The second-order valence-corrected chi connectivity index (χ2v) is 3.85. The van der Waals surface area contributed by atoms with E-state index in [4.69, 9.17) is 28.3 Å². The summed E-state index contributed by atoms with van der Waals surface area (Å²) in [6.07, 6.45) is -7.12. The summed E-state index contributed by atoms with van der Waals surface area (Å²) in [5, 5.41) is 11.5. The Labute approximate surface area is 100.0 Å². The maximum absolute atomic E-state index is 12.0. The second kappa shape index (κ2) is 5.12. The van der Waals surface area contributed by atoms with Crippen molar-refractivity contribution in [2.45, 2.75) is 12.3 Å². The number of rotatable bonds is 3. The van der Waals surface area contributed by atoms with Gasteiger partial charge in [-0.1, -0.05) is 29.3 Å². The zero-order valence-electron chi connectivity index (χ0n) is 7.85. The van der Waals surface area contributed by atoms with E-state index in [1.165, 1.54) is 12.1 Å². The van der Waals surface area contributed by atoms with Crippen molar-refractivity contribution in [1.82, 2.24) is 0 Å². The highest BCUT2D eigenvalue weighted by Gasteiger charge is 2.37. The van der Waals surface area contributed by atoms with Gasteiger partial charge < -0.3 is 10.4 Å². The number of anilines is 1. The van der Waals surface area contributed by atoms with Crippen LogP contribution < -0.4 is 5.32 Å². The van der Waals surface area contributed by atoms with E-state index in [1.54, 1.807) is 6.07 Å². The first-order chi connectivity index (χ1) is 7.32. The Morgan fingerprint density at radius 3 is 2.19 bits per heavy atom. The Morgan fingerprint density at radius 1 is 1.25 bits per heavy atom. The van der Waals surface area contributed by atoms with Gasteiger partial charge in [-0.15, -0.1) is 0 Å². The number of hydrogen-bond acceptors (Lipinski definition) is 2. The van der Waals surface area contributed by atoms with Crippen LogP contribution in [-0.2, 0) is 0 Å². The Kier molecular flexibility index (Phi) is 4.29. The first kappa shape index (κ1) is 13.4. The fourth-order valence-electron chi connectivity index (χ4n) is 0.981. The van der Waals surface area contributed by atoms with Crippen molar-refractivity contribution >= 4 is 28.9 Å². The maximum atomic E-state index is 12.0. The molecule has 2 nitrogen and oxygen atoms in total. The number of benzene rings is 1. The zero-order chi connectivity index (χ0) is 12.3. The molecule has 7 heteroatoms. The molecule has 0 aliphatic heterocycles. The lowest BCUT2D eigenvalue weighted by atomic mass is 10.3. The van der Waals surface area contributed by atoms with Crippen molar-refractivity contribution in [2.24, 2.45) is 0 Å². The first-order valence-corrected chi connectivity index (χ1v) is 5.00. The summed E-state index contributed by atoms with van der Waals surface area (Å²) in [4.78, 5) is 0. The quantitative estimate of drug-likeness (QED) is 0.886. The zero-order valence-corrected chi connectivity index (χ0v) is 9.37. The molecule has 1 unspecified atom stereocenters. The van der Waals surface area contributed by atoms with Crippen molar-refractivity contribution < 1.29 is 18.3 Å². The molecule has 0 aliphatic carbocycles. The smallest absolute Gasteiger partial charge is 0.382 e. The average Bonchev–Trinajstić information content (AvgIpc) is 2.15. The molecule has 0 saturated carbocycles. The van der Waals surface area contributed by atoms with Crippen molar-refractivity contribution in [3.63, 3.8) is 0 Å². The second-order valence-electron chi connectivity index (χ2n) is 3.03. The van der Waals surface area contributed by atoms with Gasteiger partial charge in [0.25, 0.3) is 0 Å². The highest BCUT2D eigenvalue weighted by atomic mass is 35.5. The van der Waals surface area contributed by atoms with Gasteiger partial charge in [0, 0.05) is 6.54 Å². The number of nitrogens with one attached hydrogen (secondary N) is 1. The van der Waals surface area contributed by atoms with Gasteiger partial charge >= 0.3 is 6.18 Å². The van der Waals surface area contributed by atoms with Crippen molar-refractivity contribution in [1.29, 1.82) is 0 Å². The summed E-state index contributed by atoms with van der Waals surface area (Å²) < 4.78 is 36.0. The van der Waals surface area contributed by atoms with Gasteiger partial charge in [-0.25, -0.2) is 0 Å². The van der Waals surface area contributed by atoms with Gasteiger partial charge in [0.2, 0.25) is 0 Å². The molecule has 1 atom stereocenters. The van der Waals surface area contributed by atoms with E-state index in [1.807, 2.05) is 0 Å². The molecule has 0 saturated heterocycles. The molecule has 0 amide bonds. The third-order valence-corrected chi connectivity index (χ3v) is 2.44. The molecular weight excluding hydrogens is 266 g/mol. The van der Waals surface area contributed by atoms with Gasteiger partial charge in [-0.05, 0) is 12.1 Å². The third-order valence-electron chi connectivity index (χ3n) is 1.81. The molecular formula is C9H8Cl2F3NO. The summed E-state index contributed by atoms with van der Waals surface area (Å²) in [6.45, 7) is -0.701. The molecule has 0 aromatic heterocycles. The molecule has 0 bridgehead atoms. The van der Waals surface area contributed by atoms with Gasteiger partial charge in [-0.3, -0.25) is 0 Å². The lowest BCUT2D eigenvalue weighted by Crippen LogP contribution is -2.35. The van der Waals surface area contributed by atoms with Crippen LogP contribution >= 0.6 is 23.2 Å². The normalized spacial score (nSPS) is 13.6. The highest BCUT2D eigenvalue weighted by molar-refractivity contribution is 6.39. The van der Waals surface area contributed by atoms with E-state index >= 15 is 0 Å². The van der Waals surface area contributed by atoms with Crippen LogP contribution in [0.4, 0.5) is 18.9 Å². The Hall–Kier alpha value is -0.650. The van der Waals surface area contributed by atoms with E-state index in [0.29, 0.717) is 0 Å². The van der Waals surface area contributed by atoms with Crippen LogP contribution in [0.3, 0.4) is 0 Å². The van der Waals surface area contributed by atoms with Gasteiger partial charge in [-0.2, -0.15) is 13.2 Å². The van der Waals surface area contributed by atoms with E-state index in [-0.39, 0.29) is 15.7 Å². The molecule has 90 valence electrons. The van der Waals surface area contributed by atoms with E-state index in [2.05, 4.69) is 5.32 Å². The van der Waals surface area contributed by atoms with Crippen LogP contribution in [0.25, 0.3) is 0 Å². The Morgan fingerprint density at radius 2 is 1.75 bits per heavy atom. The summed E-state index contributed by atoms with van der Waals surface area (Å²) in [6, 6.07) is 4.53. The molecule has 0 spiro atoms. The molecule has 0 radical (unpaired) electrons. The summed E-state index contributed by atoms with van der Waals surface area (Å²) >= 11 is 11.4. The molecule has 1 rings (SSSR count). The molecule has 2 N–H and O–H groups in total. The van der Waals surface area contributed by atoms with Crippen LogP contribution in [0.15, 0.2) is 18.2 Å². The predicted molar refractivity (Wildman–Crippen MR) is 57.0 cm³/mol. The Bertz CT molecular complexity index is 350. The molecule has 16 heavy (non-hydrogen) atoms. The standard InChI is InChI=1S/C9H8Cl2F3NO/c10-5-2-1-3-6(11)8(5)15-4-7(16)9(12,13)14/h1-3,7,15-16H,4H2. The summed E-state index contributed by atoms with van der Waals surface area (Å²) in [5.41, 5.74) is 0.175. The van der Waals surface area contributed by atoms with Gasteiger partial charge in [0.15, 0.2) is 6.10 Å². The van der Waals surface area contributed by atoms with Crippen LogP contribution in [0.5, 0.6) is 0 Å². The fourth-order valence-corrected chi connectivity index (χ4v) is 1.51. The lowest BCUT2D eigenvalue weighted by molar-refractivity contribution is -0.198. The minimum absolute atomic E-state index is 0.175. The van der Waals surface area contributed by atoms with Crippen LogP contribution in [0.1, 0.15) is 0 Å². The van der Waals surface area contributed by atoms with Gasteiger partial charge in [0.05, 0.1) is 15.7 Å². The average molecular weight is 274 g/mol. The first-order valence-electron chi connectivity index (χ1n) is 4.25. The Balaban J connectivity index is 2.69. The number of aliphatic hydroxyl groups is 1. The fraction of sp³-hybridized carbons (Fsp3) is 0.333. The van der Waals surface area contributed by atoms with Crippen LogP contribution in [0, 0.1) is 0 Å². The van der Waals surface area contributed by atoms with E-state index in [9.17, 15) is 13.2 Å². The van der Waals surface area contributed by atoms with Crippen molar-refractivity contribution in [3.8, 4) is 0 Å². The number of para-hydroxylation sites is 1. The molecule has 0 fully saturated rings. The largest absolute Gasteiger partial charge is 0.416 e. The number of halogens is 5. The molecule has 0 heterocycles. The van der Waals surface area contributed by atoms with Crippen molar-refractivity contribution in [3.05, 3.63) is 28.2 Å². The summed E-state index contributed by atoms with van der Waals surface area (Å²) in [7, 11) is 0. The predicted octanol–water partition coefficient (Wildman–Crippen LogP) is 3.33. The monoisotopic (exact) mass is 273 g/mol. The van der Waals surface area contributed by atoms with E-state index in [0.717, 1.165) is 0 Å². The van der Waals surface area contributed by atoms with E-state index < -0.39 is 18.8 Å². The van der Waals surface area contributed by atoms with Crippen LogP contribution in [-0.4, -0.2) is 23.9 Å². The summed E-state index contributed by atoms with van der Waals surface area (Å²) in [5.74, 6) is 0. The highest BCUT2D eigenvalue weighted by Crippen LogP contribution is 2.30. The topological polar surface area (TPSA) is 32.3 Å². The van der Waals surface area contributed by atoms with Gasteiger partial charge in [0.1, 0.15) is 0 Å². The lowest BCUT2D eigenvalue weighted by Gasteiger charge is -2.17. The SMILES string of the molecule is OC(CNc1c(Cl)cccc1Cl)C(F)(F)F. The minimum Gasteiger partial charge on any atom is -0.382 e. The van der Waals surface area contributed by atoms with Crippen molar-refractivity contribution in [2.75, 3.05) is 11.9 Å². The van der Waals surface area contributed by atoms with Crippen LogP contribution in [0.2, 0.25) is 10.0 Å². The molecule has 0 aliphatic rings. The number of aliphatic hydroxyl groups excluding tert-OH is 1. The number of alkyl halides is 3. The third kappa shape index (κ3) is 3.43. The minimum atomic E-state index is -4.67. The molecule has 1 aromatic rings. The maximum Gasteiger partial charge on any atom is 0.416 e. The molecule has 1 aromatic carbocycles. The number of hydrogen-bond donors (Lipinski definition) is 2.